The molecule has 0 bridgehead atoms. The Labute approximate surface area is 103 Å². The maximum Gasteiger partial charge on any atom is 0.282 e. The molecule has 0 aliphatic carbocycles. The van der Waals surface area contributed by atoms with Crippen molar-refractivity contribution in [2.75, 3.05) is 25.6 Å². The van der Waals surface area contributed by atoms with E-state index in [9.17, 15) is 14.9 Å². The highest BCUT2D eigenvalue weighted by Crippen LogP contribution is 2.23. The first-order valence-electron chi connectivity index (χ1n) is 5.12. The van der Waals surface area contributed by atoms with Crippen molar-refractivity contribution >= 4 is 17.3 Å². The first kappa shape index (κ1) is 13.9. The van der Waals surface area contributed by atoms with Gasteiger partial charge in [0.15, 0.2) is 0 Å². The number of hydrazine groups is 1. The number of hydrogen-bond acceptors (Lipinski definition) is 6. The summed E-state index contributed by atoms with van der Waals surface area (Å²) in [5.41, 5.74) is 2.33. The first-order valence-corrected chi connectivity index (χ1v) is 5.12. The number of likely N-dealkylation sites (N-methyl/N-ethyl adjacent to an activating group) is 1. The Bertz CT molecular complexity index is 463. The molecular weight excluding hydrogens is 240 g/mol. The smallest absolute Gasteiger partial charge is 0.282 e. The minimum absolute atomic E-state index is 0.0774. The third-order valence-corrected chi connectivity index (χ3v) is 2.37. The molecule has 0 unspecified atom stereocenters. The number of anilines is 1. The predicted molar refractivity (Wildman–Crippen MR) is 65.0 cm³/mol. The van der Waals surface area contributed by atoms with Crippen LogP contribution in [0.4, 0.5) is 11.4 Å². The predicted octanol–water partition coefficient (Wildman–Crippen LogP) is -0.0553. The molecule has 0 radical (unpaired) electrons. The van der Waals surface area contributed by atoms with Crippen LogP contribution >= 0.6 is 0 Å². The van der Waals surface area contributed by atoms with Crippen LogP contribution in [0.15, 0.2) is 18.2 Å². The van der Waals surface area contributed by atoms with Gasteiger partial charge >= 0.3 is 0 Å². The second kappa shape index (κ2) is 5.94. The molecule has 98 valence electrons. The minimum Gasteiger partial charge on any atom is -0.395 e. The second-order valence-corrected chi connectivity index (χ2v) is 3.58. The molecule has 18 heavy (non-hydrogen) atoms. The van der Waals surface area contributed by atoms with Crippen molar-refractivity contribution in [2.24, 2.45) is 5.84 Å². The summed E-state index contributed by atoms with van der Waals surface area (Å²) in [6.07, 6.45) is 0. The highest BCUT2D eigenvalue weighted by Gasteiger charge is 2.23. The maximum absolute atomic E-state index is 12.0. The van der Waals surface area contributed by atoms with Crippen LogP contribution in [0.5, 0.6) is 0 Å². The van der Waals surface area contributed by atoms with Gasteiger partial charge in [0.2, 0.25) is 0 Å². The van der Waals surface area contributed by atoms with Crippen molar-refractivity contribution in [3.8, 4) is 0 Å². The van der Waals surface area contributed by atoms with Gasteiger partial charge in [-0.15, -0.1) is 0 Å². The average molecular weight is 254 g/mol. The van der Waals surface area contributed by atoms with Gasteiger partial charge in [-0.2, -0.15) is 0 Å². The summed E-state index contributed by atoms with van der Waals surface area (Å²) in [6.45, 7) is -0.124. The summed E-state index contributed by atoms with van der Waals surface area (Å²) < 4.78 is 0. The first-order chi connectivity index (χ1) is 8.51. The molecule has 0 heterocycles. The zero-order valence-electron chi connectivity index (χ0n) is 9.79. The quantitative estimate of drug-likeness (QED) is 0.384. The molecule has 0 aromatic heterocycles. The molecule has 0 aliphatic heterocycles. The Balaban J connectivity index is 3.18. The van der Waals surface area contributed by atoms with Crippen molar-refractivity contribution < 1.29 is 14.8 Å². The number of carbonyl (C=O) groups excluding carboxylic acids is 1. The lowest BCUT2D eigenvalue weighted by Crippen LogP contribution is -2.30. The lowest BCUT2D eigenvalue weighted by Gasteiger charge is -2.16. The van der Waals surface area contributed by atoms with Crippen LogP contribution in [0.1, 0.15) is 10.4 Å². The summed E-state index contributed by atoms with van der Waals surface area (Å²) >= 11 is 0. The highest BCUT2D eigenvalue weighted by molar-refractivity contribution is 5.99. The standard InChI is InChI=1S/C10H14N4O4/c1-13(4-5-15)10(16)8-6-7(12-11)2-3-9(8)14(17)18/h2-3,6,12,15H,4-5,11H2,1H3. The van der Waals surface area contributed by atoms with E-state index in [4.69, 9.17) is 10.9 Å². The molecule has 4 N–H and O–H groups in total. The maximum atomic E-state index is 12.0. The van der Waals surface area contributed by atoms with Gasteiger partial charge in [0.05, 0.1) is 11.5 Å². The van der Waals surface area contributed by atoms with Gasteiger partial charge in [-0.05, 0) is 12.1 Å². The molecule has 0 atom stereocenters. The Kier molecular flexibility index (Phi) is 4.58. The normalized spacial score (nSPS) is 9.94. The lowest BCUT2D eigenvalue weighted by atomic mass is 10.1. The molecule has 0 aliphatic rings. The fraction of sp³-hybridized carbons (Fsp3) is 0.300. The second-order valence-electron chi connectivity index (χ2n) is 3.58. The third-order valence-electron chi connectivity index (χ3n) is 2.37. The van der Waals surface area contributed by atoms with Gasteiger partial charge in [-0.1, -0.05) is 0 Å². The van der Waals surface area contributed by atoms with Gasteiger partial charge in [0.25, 0.3) is 11.6 Å². The number of nitrogens with two attached hydrogens (primary N) is 1. The fourth-order valence-corrected chi connectivity index (χ4v) is 1.41. The number of nitro benzene ring substituents is 1. The molecule has 0 saturated heterocycles. The van der Waals surface area contributed by atoms with E-state index in [2.05, 4.69) is 5.43 Å². The van der Waals surface area contributed by atoms with Gasteiger partial charge in [-0.3, -0.25) is 20.8 Å². The van der Waals surface area contributed by atoms with Crippen LogP contribution in [-0.2, 0) is 0 Å². The average Bonchev–Trinajstić information content (AvgIpc) is 2.37. The molecular formula is C10H14N4O4. The van der Waals surface area contributed by atoms with E-state index in [1.165, 1.54) is 30.1 Å². The lowest BCUT2D eigenvalue weighted by molar-refractivity contribution is -0.385. The van der Waals surface area contributed by atoms with E-state index in [1.807, 2.05) is 0 Å². The number of nitrogens with zero attached hydrogens (tertiary/aromatic N) is 2. The van der Waals surface area contributed by atoms with Crippen LogP contribution in [0, 0.1) is 10.1 Å². The zero-order chi connectivity index (χ0) is 13.7. The van der Waals surface area contributed by atoms with Crippen LogP contribution < -0.4 is 11.3 Å². The van der Waals surface area contributed by atoms with Crippen molar-refractivity contribution in [2.45, 2.75) is 0 Å². The number of benzene rings is 1. The fourth-order valence-electron chi connectivity index (χ4n) is 1.41. The molecule has 0 spiro atoms. The van der Waals surface area contributed by atoms with Crippen LogP contribution in [0.2, 0.25) is 0 Å². The summed E-state index contributed by atoms with van der Waals surface area (Å²) in [5, 5.41) is 19.6. The van der Waals surface area contributed by atoms with Crippen LogP contribution in [0.25, 0.3) is 0 Å². The summed E-state index contributed by atoms with van der Waals surface area (Å²) in [6, 6.07) is 3.91. The zero-order valence-corrected chi connectivity index (χ0v) is 9.79. The molecule has 0 saturated carbocycles. The van der Waals surface area contributed by atoms with E-state index in [0.29, 0.717) is 5.69 Å². The van der Waals surface area contributed by atoms with E-state index in [-0.39, 0.29) is 24.4 Å². The molecule has 1 amide bonds. The Morgan fingerprint density at radius 2 is 2.28 bits per heavy atom. The summed E-state index contributed by atoms with van der Waals surface area (Å²) in [5.74, 6) is 4.65. The number of rotatable bonds is 5. The molecule has 1 aromatic carbocycles. The van der Waals surface area contributed by atoms with Gasteiger partial charge in [-0.25, -0.2) is 0 Å². The van der Waals surface area contributed by atoms with Gasteiger partial charge in [0.1, 0.15) is 5.56 Å². The number of aliphatic hydroxyl groups excluding tert-OH is 1. The number of aliphatic hydroxyl groups is 1. The Hall–Kier alpha value is -2.19. The summed E-state index contributed by atoms with van der Waals surface area (Å²) in [4.78, 5) is 23.4. The SMILES string of the molecule is CN(CCO)C(=O)c1cc(NN)ccc1[N+](=O)[O-]. The van der Waals surface area contributed by atoms with Crippen molar-refractivity contribution in [1.82, 2.24) is 4.90 Å². The summed E-state index contributed by atoms with van der Waals surface area (Å²) in [7, 11) is 1.45. The number of carbonyl (C=O) groups is 1. The molecule has 8 nitrogen and oxygen atoms in total. The molecule has 8 heteroatoms. The van der Waals surface area contributed by atoms with Gasteiger partial charge < -0.3 is 15.4 Å². The van der Waals surface area contributed by atoms with E-state index >= 15 is 0 Å². The molecule has 0 fully saturated rings. The number of amides is 1. The highest BCUT2D eigenvalue weighted by atomic mass is 16.6. The third kappa shape index (κ3) is 2.93. The van der Waals surface area contributed by atoms with E-state index in [1.54, 1.807) is 0 Å². The van der Waals surface area contributed by atoms with Crippen molar-refractivity contribution in [3.05, 3.63) is 33.9 Å². The van der Waals surface area contributed by atoms with E-state index < -0.39 is 10.8 Å². The number of nitro groups is 1. The number of hydrogen-bond donors (Lipinski definition) is 3. The van der Waals surface area contributed by atoms with Crippen LogP contribution in [-0.4, -0.2) is 41.0 Å². The Morgan fingerprint density at radius 3 is 2.78 bits per heavy atom. The van der Waals surface area contributed by atoms with Crippen molar-refractivity contribution in [1.29, 1.82) is 0 Å². The number of nitrogens with one attached hydrogen (secondary N) is 1. The monoisotopic (exact) mass is 254 g/mol. The van der Waals surface area contributed by atoms with E-state index in [0.717, 1.165) is 0 Å². The molecule has 1 rings (SSSR count). The largest absolute Gasteiger partial charge is 0.395 e. The van der Waals surface area contributed by atoms with Crippen LogP contribution in [0.3, 0.4) is 0 Å². The Morgan fingerprint density at radius 1 is 1.61 bits per heavy atom. The molecule has 1 aromatic rings. The van der Waals surface area contributed by atoms with Crippen molar-refractivity contribution in [3.63, 3.8) is 0 Å². The van der Waals surface area contributed by atoms with Gasteiger partial charge in [0, 0.05) is 25.3 Å². The topological polar surface area (TPSA) is 122 Å². The number of nitrogen functional groups attached to an aromatic ring is 1. The minimum atomic E-state index is -0.639.